The van der Waals surface area contributed by atoms with Gasteiger partial charge < -0.3 is 9.15 Å². The Hall–Kier alpha value is -1.52. The molecule has 5 nitrogen and oxygen atoms in total. The molecule has 1 aromatic heterocycles. The monoisotopic (exact) mass is 252 g/mol. The first-order chi connectivity index (χ1) is 8.47. The molecule has 0 radical (unpaired) electrons. The third kappa shape index (κ3) is 3.03. The summed E-state index contributed by atoms with van der Waals surface area (Å²) in [5.74, 6) is 0.737. The second-order valence-corrected chi connectivity index (χ2v) is 5.59. The van der Waals surface area contributed by atoms with Crippen molar-refractivity contribution in [3.8, 4) is 0 Å². The maximum atomic E-state index is 12.2. The van der Waals surface area contributed by atoms with Crippen LogP contribution in [0.4, 0.5) is 4.79 Å². The van der Waals surface area contributed by atoms with E-state index in [1.165, 1.54) is 6.39 Å². The molecule has 100 valence electrons. The lowest BCUT2D eigenvalue weighted by Crippen LogP contribution is -2.41. The molecule has 1 aromatic rings. The number of carbonyl (C=O) groups is 1. The van der Waals surface area contributed by atoms with Crippen molar-refractivity contribution in [2.75, 3.05) is 6.54 Å². The normalized spacial score (nSPS) is 20.8. The Bertz CT molecular complexity index is 395. The van der Waals surface area contributed by atoms with Gasteiger partial charge in [-0.15, -0.1) is 0 Å². The Morgan fingerprint density at radius 1 is 1.50 bits per heavy atom. The summed E-state index contributed by atoms with van der Waals surface area (Å²) >= 11 is 0. The number of aromatic nitrogens is 1. The number of piperidine rings is 1. The third-order valence-electron chi connectivity index (χ3n) is 2.91. The lowest BCUT2D eigenvalue weighted by atomic mass is 10.0. The topological polar surface area (TPSA) is 55.6 Å². The summed E-state index contributed by atoms with van der Waals surface area (Å²) in [4.78, 5) is 17.8. The van der Waals surface area contributed by atoms with E-state index in [9.17, 15) is 4.79 Å². The van der Waals surface area contributed by atoms with Gasteiger partial charge in [-0.05, 0) is 40.0 Å². The molecule has 1 aliphatic heterocycles. The molecule has 0 aliphatic carbocycles. The molecule has 1 unspecified atom stereocenters. The van der Waals surface area contributed by atoms with E-state index in [-0.39, 0.29) is 12.1 Å². The Balaban J connectivity index is 2.11. The first kappa shape index (κ1) is 12.9. The maximum absolute atomic E-state index is 12.2. The number of rotatable bonds is 1. The summed E-state index contributed by atoms with van der Waals surface area (Å²) in [6, 6.07) is -0.0453. The molecule has 0 bridgehead atoms. The Morgan fingerprint density at radius 2 is 2.28 bits per heavy atom. The molecule has 5 heteroatoms. The second-order valence-electron chi connectivity index (χ2n) is 5.59. The van der Waals surface area contributed by atoms with Crippen LogP contribution in [0.2, 0.25) is 0 Å². The molecule has 0 aromatic carbocycles. The van der Waals surface area contributed by atoms with Gasteiger partial charge in [0.2, 0.25) is 0 Å². The molecule has 2 rings (SSSR count). The van der Waals surface area contributed by atoms with Crippen molar-refractivity contribution in [2.24, 2.45) is 0 Å². The minimum atomic E-state index is -0.472. The van der Waals surface area contributed by atoms with Crippen LogP contribution in [-0.4, -0.2) is 28.1 Å². The number of hydrogen-bond acceptors (Lipinski definition) is 4. The van der Waals surface area contributed by atoms with Gasteiger partial charge in [-0.3, -0.25) is 4.90 Å². The van der Waals surface area contributed by atoms with E-state index < -0.39 is 5.60 Å². The van der Waals surface area contributed by atoms with Crippen molar-refractivity contribution in [3.05, 3.63) is 18.4 Å². The highest BCUT2D eigenvalue weighted by Gasteiger charge is 2.32. The van der Waals surface area contributed by atoms with Gasteiger partial charge in [-0.1, -0.05) is 0 Å². The van der Waals surface area contributed by atoms with Crippen LogP contribution in [0.3, 0.4) is 0 Å². The lowest BCUT2D eigenvalue weighted by molar-refractivity contribution is 0.00684. The molecular formula is C13H20N2O3. The summed E-state index contributed by atoms with van der Waals surface area (Å²) in [6.07, 6.45) is 5.79. The van der Waals surface area contributed by atoms with Crippen LogP contribution in [0.15, 0.2) is 17.0 Å². The van der Waals surface area contributed by atoms with E-state index in [0.29, 0.717) is 6.54 Å². The number of likely N-dealkylation sites (tertiary alicyclic amines) is 1. The molecule has 1 atom stereocenters. The quantitative estimate of drug-likeness (QED) is 0.770. The fourth-order valence-corrected chi connectivity index (χ4v) is 2.16. The standard InChI is InChI=1S/C13H20N2O3/c1-13(2,3)18-12(16)15-7-5-4-6-10(15)11-8-14-9-17-11/h8-10H,4-7H2,1-3H3. The van der Waals surface area contributed by atoms with Gasteiger partial charge in [-0.25, -0.2) is 9.78 Å². The first-order valence-electron chi connectivity index (χ1n) is 6.35. The molecule has 1 aliphatic rings. The van der Waals surface area contributed by atoms with Crippen LogP contribution < -0.4 is 0 Å². The van der Waals surface area contributed by atoms with Crippen molar-refractivity contribution in [2.45, 2.75) is 51.7 Å². The van der Waals surface area contributed by atoms with Gasteiger partial charge in [0.15, 0.2) is 6.39 Å². The van der Waals surface area contributed by atoms with Gasteiger partial charge in [-0.2, -0.15) is 0 Å². The maximum Gasteiger partial charge on any atom is 0.410 e. The van der Waals surface area contributed by atoms with Crippen molar-refractivity contribution in [3.63, 3.8) is 0 Å². The SMILES string of the molecule is CC(C)(C)OC(=O)N1CCCCC1c1cnco1. The van der Waals surface area contributed by atoms with Gasteiger partial charge in [0.25, 0.3) is 0 Å². The van der Waals surface area contributed by atoms with Crippen molar-refractivity contribution >= 4 is 6.09 Å². The summed E-state index contributed by atoms with van der Waals surface area (Å²) in [7, 11) is 0. The summed E-state index contributed by atoms with van der Waals surface area (Å²) in [6.45, 7) is 6.33. The van der Waals surface area contributed by atoms with E-state index in [1.807, 2.05) is 20.8 Å². The molecule has 18 heavy (non-hydrogen) atoms. The Labute approximate surface area is 107 Å². The van der Waals surface area contributed by atoms with Crippen LogP contribution in [0.25, 0.3) is 0 Å². The van der Waals surface area contributed by atoms with Crippen LogP contribution >= 0.6 is 0 Å². The predicted molar refractivity (Wildman–Crippen MR) is 66.0 cm³/mol. The lowest BCUT2D eigenvalue weighted by Gasteiger charge is -2.35. The fraction of sp³-hybridized carbons (Fsp3) is 0.692. The molecule has 1 fully saturated rings. The first-order valence-corrected chi connectivity index (χ1v) is 6.35. The zero-order valence-corrected chi connectivity index (χ0v) is 11.2. The minimum Gasteiger partial charge on any atom is -0.446 e. The number of oxazole rings is 1. The van der Waals surface area contributed by atoms with Crippen LogP contribution in [0, 0.1) is 0 Å². The van der Waals surface area contributed by atoms with Crippen LogP contribution in [-0.2, 0) is 4.74 Å². The van der Waals surface area contributed by atoms with E-state index in [1.54, 1.807) is 11.1 Å². The summed E-state index contributed by atoms with van der Waals surface area (Å²) < 4.78 is 10.8. The van der Waals surface area contributed by atoms with Crippen LogP contribution in [0.5, 0.6) is 0 Å². The molecule has 1 amide bonds. The highest BCUT2D eigenvalue weighted by atomic mass is 16.6. The van der Waals surface area contributed by atoms with E-state index in [0.717, 1.165) is 25.0 Å². The number of amides is 1. The zero-order chi connectivity index (χ0) is 13.2. The van der Waals surface area contributed by atoms with Crippen molar-refractivity contribution in [1.29, 1.82) is 0 Å². The number of ether oxygens (including phenoxy) is 1. The van der Waals surface area contributed by atoms with Gasteiger partial charge in [0.05, 0.1) is 12.2 Å². The highest BCUT2D eigenvalue weighted by molar-refractivity contribution is 5.68. The van der Waals surface area contributed by atoms with Gasteiger partial charge >= 0.3 is 6.09 Å². The average molecular weight is 252 g/mol. The predicted octanol–water partition coefficient (Wildman–Crippen LogP) is 3.14. The Kier molecular flexibility index (Phi) is 3.59. The van der Waals surface area contributed by atoms with Gasteiger partial charge in [0.1, 0.15) is 11.4 Å². The second kappa shape index (κ2) is 5.00. The summed E-state index contributed by atoms with van der Waals surface area (Å²) in [5.41, 5.74) is -0.472. The number of hydrogen-bond donors (Lipinski definition) is 0. The highest BCUT2D eigenvalue weighted by Crippen LogP contribution is 2.31. The molecule has 0 saturated carbocycles. The largest absolute Gasteiger partial charge is 0.446 e. The summed E-state index contributed by atoms with van der Waals surface area (Å²) in [5, 5.41) is 0. The van der Waals surface area contributed by atoms with E-state index in [4.69, 9.17) is 9.15 Å². The number of nitrogens with zero attached hydrogens (tertiary/aromatic N) is 2. The Morgan fingerprint density at radius 3 is 2.89 bits per heavy atom. The van der Waals surface area contributed by atoms with Crippen molar-refractivity contribution < 1.29 is 13.9 Å². The molecule has 0 N–H and O–H groups in total. The van der Waals surface area contributed by atoms with E-state index >= 15 is 0 Å². The molecule has 2 heterocycles. The third-order valence-corrected chi connectivity index (χ3v) is 2.91. The molecule has 1 saturated heterocycles. The molecular weight excluding hydrogens is 232 g/mol. The number of carbonyl (C=O) groups excluding carboxylic acids is 1. The van der Waals surface area contributed by atoms with Crippen molar-refractivity contribution in [1.82, 2.24) is 9.88 Å². The van der Waals surface area contributed by atoms with Gasteiger partial charge in [0, 0.05) is 6.54 Å². The average Bonchev–Trinajstić information content (AvgIpc) is 2.80. The smallest absolute Gasteiger partial charge is 0.410 e. The van der Waals surface area contributed by atoms with Crippen LogP contribution in [0.1, 0.15) is 51.8 Å². The fourth-order valence-electron chi connectivity index (χ4n) is 2.16. The zero-order valence-electron chi connectivity index (χ0n) is 11.2. The van der Waals surface area contributed by atoms with E-state index in [2.05, 4.69) is 4.98 Å². The minimum absolute atomic E-state index is 0.0453. The molecule has 0 spiro atoms.